The van der Waals surface area contributed by atoms with Gasteiger partial charge in [-0.1, -0.05) is 103 Å². The summed E-state index contributed by atoms with van der Waals surface area (Å²) in [6.07, 6.45) is 0. The van der Waals surface area contributed by atoms with E-state index in [0.29, 0.717) is 6.61 Å². The summed E-state index contributed by atoms with van der Waals surface area (Å²) in [6, 6.07) is 39.1. The normalized spacial score (nSPS) is 15.5. The Bertz CT molecular complexity index is 1160. The van der Waals surface area contributed by atoms with Crippen LogP contribution in [0.5, 0.6) is 0 Å². The van der Waals surface area contributed by atoms with Crippen molar-refractivity contribution in [1.29, 1.82) is 0 Å². The van der Waals surface area contributed by atoms with Crippen molar-refractivity contribution in [1.82, 2.24) is 0 Å². The zero-order valence-corrected chi connectivity index (χ0v) is 18.4. The summed E-state index contributed by atoms with van der Waals surface area (Å²) in [4.78, 5) is 4.74. The molecule has 0 N–H and O–H groups in total. The maximum Gasteiger partial charge on any atom is 0.217 e. The van der Waals surface area contributed by atoms with Gasteiger partial charge in [-0.05, 0) is 48.0 Å². The van der Waals surface area contributed by atoms with Crippen molar-refractivity contribution in [3.05, 3.63) is 115 Å². The van der Waals surface area contributed by atoms with Crippen LogP contribution in [-0.2, 0) is 4.74 Å². The molecule has 1 aliphatic rings. The van der Waals surface area contributed by atoms with E-state index in [1.54, 1.807) is 0 Å². The molecular formula is C28H24NOP. The smallest absolute Gasteiger partial charge is 0.217 e. The van der Waals surface area contributed by atoms with E-state index in [-0.39, 0.29) is 6.04 Å². The van der Waals surface area contributed by atoms with Crippen molar-refractivity contribution in [2.75, 3.05) is 6.61 Å². The van der Waals surface area contributed by atoms with E-state index in [4.69, 9.17) is 9.73 Å². The fourth-order valence-electron chi connectivity index (χ4n) is 4.00. The maximum atomic E-state index is 5.94. The minimum atomic E-state index is -0.704. The Labute approximate surface area is 185 Å². The molecule has 0 fully saturated rings. The van der Waals surface area contributed by atoms with Gasteiger partial charge in [-0.15, -0.1) is 0 Å². The van der Waals surface area contributed by atoms with Gasteiger partial charge in [-0.3, -0.25) is 0 Å². The highest BCUT2D eigenvalue weighted by atomic mass is 31.1. The lowest BCUT2D eigenvalue weighted by molar-refractivity contribution is 0.324. The molecule has 1 atom stereocenters. The SMILES string of the molecule is C[C@H]1COC(c2ccccc2-c2ccccc2P(c2ccccc2)c2ccccc2)=N1. The number of ether oxygens (including phenoxy) is 1. The van der Waals surface area contributed by atoms with Crippen LogP contribution in [0.15, 0.2) is 114 Å². The molecule has 0 radical (unpaired) electrons. The van der Waals surface area contributed by atoms with Crippen LogP contribution in [0, 0.1) is 0 Å². The molecule has 3 heteroatoms. The molecule has 0 saturated heterocycles. The molecular weight excluding hydrogens is 397 g/mol. The summed E-state index contributed by atoms with van der Waals surface area (Å²) in [5.74, 6) is 0.752. The van der Waals surface area contributed by atoms with Crippen LogP contribution >= 0.6 is 7.92 Å². The second-order valence-electron chi connectivity index (χ2n) is 7.66. The summed E-state index contributed by atoms with van der Waals surface area (Å²) < 4.78 is 5.94. The van der Waals surface area contributed by atoms with Crippen molar-refractivity contribution in [2.24, 2.45) is 4.99 Å². The lowest BCUT2D eigenvalue weighted by atomic mass is 9.99. The summed E-state index contributed by atoms with van der Waals surface area (Å²) in [7, 11) is -0.704. The second kappa shape index (κ2) is 8.88. The van der Waals surface area contributed by atoms with Gasteiger partial charge in [-0.25, -0.2) is 4.99 Å². The monoisotopic (exact) mass is 421 g/mol. The van der Waals surface area contributed by atoms with Crippen LogP contribution in [0.3, 0.4) is 0 Å². The molecule has 1 aliphatic heterocycles. The molecule has 0 saturated carbocycles. The van der Waals surface area contributed by atoms with Gasteiger partial charge in [-0.2, -0.15) is 0 Å². The molecule has 31 heavy (non-hydrogen) atoms. The first-order valence-electron chi connectivity index (χ1n) is 10.6. The first-order valence-corrected chi connectivity index (χ1v) is 11.9. The van der Waals surface area contributed by atoms with Crippen molar-refractivity contribution in [3.63, 3.8) is 0 Å². The van der Waals surface area contributed by atoms with Gasteiger partial charge >= 0.3 is 0 Å². The lowest BCUT2D eigenvalue weighted by Gasteiger charge is -2.23. The predicted molar refractivity (Wildman–Crippen MR) is 133 cm³/mol. The van der Waals surface area contributed by atoms with E-state index in [1.165, 1.54) is 27.0 Å². The fraction of sp³-hybridized carbons (Fsp3) is 0.107. The van der Waals surface area contributed by atoms with E-state index in [9.17, 15) is 0 Å². The highest BCUT2D eigenvalue weighted by molar-refractivity contribution is 7.80. The highest BCUT2D eigenvalue weighted by Crippen LogP contribution is 2.38. The van der Waals surface area contributed by atoms with E-state index < -0.39 is 7.92 Å². The molecule has 2 nitrogen and oxygen atoms in total. The van der Waals surface area contributed by atoms with Crippen LogP contribution in [-0.4, -0.2) is 18.5 Å². The van der Waals surface area contributed by atoms with Gasteiger partial charge in [0.2, 0.25) is 5.90 Å². The molecule has 0 unspecified atom stereocenters. The van der Waals surface area contributed by atoms with Gasteiger partial charge in [0, 0.05) is 5.56 Å². The van der Waals surface area contributed by atoms with Gasteiger partial charge in [0.15, 0.2) is 0 Å². The van der Waals surface area contributed by atoms with Crippen LogP contribution in [0.2, 0.25) is 0 Å². The first-order chi connectivity index (χ1) is 15.3. The Morgan fingerprint density at radius 3 is 1.74 bits per heavy atom. The molecule has 4 aromatic rings. The lowest BCUT2D eigenvalue weighted by Crippen LogP contribution is -2.22. The molecule has 0 aliphatic carbocycles. The topological polar surface area (TPSA) is 21.6 Å². The average Bonchev–Trinajstić information content (AvgIpc) is 3.27. The number of benzene rings is 4. The molecule has 0 bridgehead atoms. The molecule has 5 rings (SSSR count). The van der Waals surface area contributed by atoms with E-state index in [1.807, 2.05) is 0 Å². The van der Waals surface area contributed by atoms with Crippen molar-refractivity contribution >= 4 is 29.7 Å². The third kappa shape index (κ3) is 4.04. The third-order valence-electron chi connectivity index (χ3n) is 5.42. The van der Waals surface area contributed by atoms with Crippen LogP contribution in [0.1, 0.15) is 12.5 Å². The Kier molecular flexibility index (Phi) is 5.65. The quantitative estimate of drug-likeness (QED) is 0.402. The van der Waals surface area contributed by atoms with E-state index >= 15 is 0 Å². The molecule has 0 amide bonds. The zero-order valence-electron chi connectivity index (χ0n) is 17.5. The summed E-state index contributed by atoms with van der Waals surface area (Å²) in [5.41, 5.74) is 3.48. The highest BCUT2D eigenvalue weighted by Gasteiger charge is 2.24. The maximum absolute atomic E-state index is 5.94. The minimum absolute atomic E-state index is 0.198. The van der Waals surface area contributed by atoms with E-state index in [0.717, 1.165) is 11.5 Å². The van der Waals surface area contributed by atoms with Gasteiger partial charge in [0.05, 0.1) is 6.04 Å². The van der Waals surface area contributed by atoms with Crippen molar-refractivity contribution < 1.29 is 4.74 Å². The third-order valence-corrected chi connectivity index (χ3v) is 7.92. The van der Waals surface area contributed by atoms with Crippen molar-refractivity contribution in [3.8, 4) is 11.1 Å². The number of hydrogen-bond donors (Lipinski definition) is 0. The zero-order chi connectivity index (χ0) is 21.0. The van der Waals surface area contributed by atoms with Crippen LogP contribution in [0.25, 0.3) is 11.1 Å². The van der Waals surface area contributed by atoms with Gasteiger partial charge < -0.3 is 4.74 Å². The fourth-order valence-corrected chi connectivity index (χ4v) is 6.47. The Hall–Kier alpha value is -3.22. The molecule has 0 spiro atoms. The molecule has 1 heterocycles. The number of hydrogen-bond acceptors (Lipinski definition) is 2. The number of aliphatic imine (C=N–C) groups is 1. The predicted octanol–water partition coefficient (Wildman–Crippen LogP) is 5.28. The second-order valence-corrected chi connectivity index (χ2v) is 9.85. The average molecular weight is 421 g/mol. The summed E-state index contributed by atoms with van der Waals surface area (Å²) in [5, 5.41) is 4.03. The Morgan fingerprint density at radius 2 is 1.16 bits per heavy atom. The molecule has 4 aromatic carbocycles. The number of nitrogens with zero attached hydrogens (tertiary/aromatic N) is 1. The van der Waals surface area contributed by atoms with Gasteiger partial charge in [0.25, 0.3) is 0 Å². The first kappa shape index (κ1) is 19.7. The number of rotatable bonds is 5. The summed E-state index contributed by atoms with van der Waals surface area (Å²) in [6.45, 7) is 2.74. The minimum Gasteiger partial charge on any atom is -0.475 e. The van der Waals surface area contributed by atoms with Gasteiger partial charge in [0.1, 0.15) is 6.61 Å². The standard InChI is InChI=1S/C28H24NOP/c1-21-20-30-28(29-21)26-18-9-8-16-24(26)25-17-10-11-19-27(25)31(22-12-4-2-5-13-22)23-14-6-3-7-15-23/h2-19,21H,20H2,1H3/t21-/m0/s1. The Morgan fingerprint density at radius 1 is 0.645 bits per heavy atom. The molecule has 0 aromatic heterocycles. The van der Waals surface area contributed by atoms with Crippen molar-refractivity contribution in [2.45, 2.75) is 13.0 Å². The van der Waals surface area contributed by atoms with Crippen LogP contribution in [0.4, 0.5) is 0 Å². The van der Waals surface area contributed by atoms with E-state index in [2.05, 4.69) is 116 Å². The Balaban J connectivity index is 1.71. The molecule has 152 valence electrons. The largest absolute Gasteiger partial charge is 0.475 e. The van der Waals surface area contributed by atoms with Crippen LogP contribution < -0.4 is 15.9 Å². The summed E-state index contributed by atoms with van der Waals surface area (Å²) >= 11 is 0.